The van der Waals surface area contributed by atoms with Gasteiger partial charge in [0.25, 0.3) is 5.91 Å². The van der Waals surface area contributed by atoms with Gasteiger partial charge in [-0.3, -0.25) is 9.59 Å². The van der Waals surface area contributed by atoms with Crippen molar-refractivity contribution in [2.24, 2.45) is 0 Å². The highest BCUT2D eigenvalue weighted by molar-refractivity contribution is 7.17. The number of amides is 1. The summed E-state index contributed by atoms with van der Waals surface area (Å²) in [5.41, 5.74) is 1.32. The van der Waals surface area contributed by atoms with Crippen LogP contribution >= 0.6 is 11.3 Å². The van der Waals surface area contributed by atoms with Crippen LogP contribution in [-0.2, 0) is 4.79 Å². The van der Waals surface area contributed by atoms with E-state index in [1.165, 1.54) is 28.4 Å². The number of thiazole rings is 1. The standard InChI is InChI=1S/C15H15FN2O3S/c1-9-13(15(21)18(2)8-7-12(19)20)22-14(17-9)10-3-5-11(16)6-4-10/h3-6H,7-8H2,1-2H3,(H,19,20). The largest absolute Gasteiger partial charge is 0.481 e. The molecule has 2 aromatic rings. The topological polar surface area (TPSA) is 70.5 Å². The molecule has 0 saturated heterocycles. The molecule has 0 aliphatic carbocycles. The minimum Gasteiger partial charge on any atom is -0.481 e. The van der Waals surface area contributed by atoms with Gasteiger partial charge >= 0.3 is 5.97 Å². The van der Waals surface area contributed by atoms with E-state index in [0.717, 1.165) is 5.56 Å². The first-order valence-electron chi connectivity index (χ1n) is 6.59. The van der Waals surface area contributed by atoms with Crippen LogP contribution in [0.25, 0.3) is 10.6 Å². The van der Waals surface area contributed by atoms with E-state index in [1.807, 2.05) is 0 Å². The van der Waals surface area contributed by atoms with Gasteiger partial charge in [0.05, 0.1) is 12.1 Å². The number of rotatable bonds is 5. The normalized spacial score (nSPS) is 10.5. The van der Waals surface area contributed by atoms with Crippen LogP contribution in [0.15, 0.2) is 24.3 Å². The Hall–Kier alpha value is -2.28. The molecule has 22 heavy (non-hydrogen) atoms. The lowest BCUT2D eigenvalue weighted by Crippen LogP contribution is -2.28. The molecule has 0 aliphatic rings. The molecule has 1 aromatic carbocycles. The van der Waals surface area contributed by atoms with Crippen LogP contribution in [0.1, 0.15) is 21.8 Å². The first-order valence-corrected chi connectivity index (χ1v) is 7.40. The van der Waals surface area contributed by atoms with Crippen LogP contribution in [0.3, 0.4) is 0 Å². The molecule has 0 atom stereocenters. The zero-order valence-corrected chi connectivity index (χ0v) is 13.0. The highest BCUT2D eigenvalue weighted by Crippen LogP contribution is 2.28. The summed E-state index contributed by atoms with van der Waals surface area (Å²) in [7, 11) is 1.56. The summed E-state index contributed by atoms with van der Waals surface area (Å²) < 4.78 is 12.9. The number of hydrogen-bond acceptors (Lipinski definition) is 4. The van der Waals surface area contributed by atoms with Crippen LogP contribution in [0.5, 0.6) is 0 Å². The molecule has 0 spiro atoms. The van der Waals surface area contributed by atoms with E-state index in [-0.39, 0.29) is 24.7 Å². The summed E-state index contributed by atoms with van der Waals surface area (Å²) in [6.07, 6.45) is -0.106. The van der Waals surface area contributed by atoms with Crippen LogP contribution in [0, 0.1) is 12.7 Å². The van der Waals surface area contributed by atoms with Gasteiger partial charge in [0, 0.05) is 19.2 Å². The van der Waals surface area contributed by atoms with Gasteiger partial charge in [-0.25, -0.2) is 9.37 Å². The fraction of sp³-hybridized carbons (Fsp3) is 0.267. The molecule has 116 valence electrons. The third-order valence-corrected chi connectivity index (χ3v) is 4.28. The highest BCUT2D eigenvalue weighted by atomic mass is 32.1. The molecule has 0 bridgehead atoms. The van der Waals surface area contributed by atoms with Crippen molar-refractivity contribution in [3.63, 3.8) is 0 Å². The molecule has 7 heteroatoms. The molecule has 1 heterocycles. The van der Waals surface area contributed by atoms with Gasteiger partial charge in [-0.05, 0) is 31.2 Å². The van der Waals surface area contributed by atoms with Gasteiger partial charge in [-0.2, -0.15) is 0 Å². The molecule has 2 rings (SSSR count). The van der Waals surface area contributed by atoms with Crippen molar-refractivity contribution < 1.29 is 19.1 Å². The van der Waals surface area contributed by atoms with E-state index >= 15 is 0 Å². The summed E-state index contributed by atoms with van der Waals surface area (Å²) >= 11 is 1.22. The Morgan fingerprint density at radius 1 is 1.32 bits per heavy atom. The average Bonchev–Trinajstić information content (AvgIpc) is 2.86. The quantitative estimate of drug-likeness (QED) is 0.919. The van der Waals surface area contributed by atoms with E-state index < -0.39 is 5.97 Å². The number of hydrogen-bond donors (Lipinski definition) is 1. The van der Waals surface area contributed by atoms with Crippen molar-refractivity contribution in [3.8, 4) is 10.6 Å². The smallest absolute Gasteiger partial charge is 0.305 e. The maximum atomic E-state index is 12.9. The van der Waals surface area contributed by atoms with Crippen molar-refractivity contribution in [2.45, 2.75) is 13.3 Å². The predicted octanol–water partition coefficient (Wildman–Crippen LogP) is 2.80. The Labute approximate surface area is 131 Å². The molecular formula is C15H15FN2O3S. The molecule has 1 aromatic heterocycles. The number of carboxylic acid groups (broad SMARTS) is 1. The Morgan fingerprint density at radius 2 is 1.95 bits per heavy atom. The van der Waals surface area contributed by atoms with Crippen LogP contribution < -0.4 is 0 Å². The summed E-state index contributed by atoms with van der Waals surface area (Å²) in [6, 6.07) is 5.89. The molecule has 1 N–H and O–H groups in total. The fourth-order valence-electron chi connectivity index (χ4n) is 1.85. The Morgan fingerprint density at radius 3 is 2.55 bits per heavy atom. The monoisotopic (exact) mass is 322 g/mol. The molecule has 0 fully saturated rings. The third-order valence-electron chi connectivity index (χ3n) is 3.09. The van der Waals surface area contributed by atoms with Crippen molar-refractivity contribution >= 4 is 23.2 Å². The Bertz CT molecular complexity index is 697. The molecular weight excluding hydrogens is 307 g/mol. The van der Waals surface area contributed by atoms with Gasteiger partial charge in [-0.1, -0.05) is 0 Å². The van der Waals surface area contributed by atoms with Crippen LogP contribution in [0.2, 0.25) is 0 Å². The Kier molecular flexibility index (Phi) is 4.87. The molecule has 1 amide bonds. The number of carbonyl (C=O) groups excluding carboxylic acids is 1. The lowest BCUT2D eigenvalue weighted by Gasteiger charge is -2.14. The molecule has 0 saturated carbocycles. The highest BCUT2D eigenvalue weighted by Gasteiger charge is 2.20. The van der Waals surface area contributed by atoms with Crippen molar-refractivity contribution in [2.75, 3.05) is 13.6 Å². The van der Waals surface area contributed by atoms with Gasteiger partial charge in [-0.15, -0.1) is 11.3 Å². The summed E-state index contributed by atoms with van der Waals surface area (Å²) in [5.74, 6) is -1.54. The predicted molar refractivity (Wildman–Crippen MR) is 81.5 cm³/mol. The van der Waals surface area contributed by atoms with Crippen LogP contribution in [-0.4, -0.2) is 40.5 Å². The lowest BCUT2D eigenvalue weighted by molar-refractivity contribution is -0.137. The number of benzene rings is 1. The minimum absolute atomic E-state index is 0.106. The van der Waals surface area contributed by atoms with Crippen molar-refractivity contribution in [3.05, 3.63) is 40.7 Å². The molecule has 0 unspecified atom stereocenters. The maximum Gasteiger partial charge on any atom is 0.305 e. The number of aliphatic carboxylic acids is 1. The first kappa shape index (κ1) is 16.1. The maximum absolute atomic E-state index is 12.9. The minimum atomic E-state index is -0.951. The molecule has 5 nitrogen and oxygen atoms in total. The van der Waals surface area contributed by atoms with Crippen molar-refractivity contribution in [1.82, 2.24) is 9.88 Å². The lowest BCUT2D eigenvalue weighted by atomic mass is 10.2. The number of aryl methyl sites for hydroxylation is 1. The third kappa shape index (κ3) is 3.67. The second kappa shape index (κ2) is 6.65. The average molecular weight is 322 g/mol. The number of halogens is 1. The molecule has 0 aliphatic heterocycles. The fourth-order valence-corrected chi connectivity index (χ4v) is 2.92. The Balaban J connectivity index is 2.20. The number of carboxylic acids is 1. The summed E-state index contributed by atoms with van der Waals surface area (Å²) in [5, 5.41) is 9.30. The summed E-state index contributed by atoms with van der Waals surface area (Å²) in [6.45, 7) is 1.86. The van der Waals surface area contributed by atoms with E-state index in [0.29, 0.717) is 15.6 Å². The number of nitrogens with zero attached hydrogens (tertiary/aromatic N) is 2. The van der Waals surface area contributed by atoms with E-state index in [2.05, 4.69) is 4.98 Å². The van der Waals surface area contributed by atoms with Crippen LogP contribution in [0.4, 0.5) is 4.39 Å². The van der Waals surface area contributed by atoms with E-state index in [9.17, 15) is 14.0 Å². The van der Waals surface area contributed by atoms with Gasteiger partial charge < -0.3 is 10.0 Å². The van der Waals surface area contributed by atoms with E-state index in [1.54, 1.807) is 26.1 Å². The zero-order chi connectivity index (χ0) is 16.3. The zero-order valence-electron chi connectivity index (χ0n) is 12.2. The summed E-state index contributed by atoms with van der Waals surface area (Å²) in [4.78, 5) is 29.1. The number of aromatic nitrogens is 1. The van der Waals surface area contributed by atoms with E-state index in [4.69, 9.17) is 5.11 Å². The second-order valence-electron chi connectivity index (χ2n) is 4.81. The van der Waals surface area contributed by atoms with Crippen molar-refractivity contribution in [1.29, 1.82) is 0 Å². The molecule has 0 radical (unpaired) electrons. The SMILES string of the molecule is Cc1nc(-c2ccc(F)cc2)sc1C(=O)N(C)CCC(=O)O. The van der Waals surface area contributed by atoms with Gasteiger partial charge in [0.2, 0.25) is 0 Å². The first-order chi connectivity index (χ1) is 10.4. The van der Waals surface area contributed by atoms with Gasteiger partial charge in [0.1, 0.15) is 15.7 Å². The number of carbonyl (C=O) groups is 2. The second-order valence-corrected chi connectivity index (χ2v) is 5.81. The van der Waals surface area contributed by atoms with Gasteiger partial charge in [0.15, 0.2) is 0 Å².